The van der Waals surface area contributed by atoms with E-state index in [0.29, 0.717) is 6.54 Å². The summed E-state index contributed by atoms with van der Waals surface area (Å²) in [5.41, 5.74) is 0.723. The van der Waals surface area contributed by atoms with E-state index in [1.807, 2.05) is 6.92 Å². The predicted octanol–water partition coefficient (Wildman–Crippen LogP) is 2.11. The van der Waals surface area contributed by atoms with Gasteiger partial charge in [-0.05, 0) is 43.9 Å². The fourth-order valence-corrected chi connectivity index (χ4v) is 3.27. The molecule has 0 radical (unpaired) electrons. The molecular formula is C16H19FN2O2. The zero-order chi connectivity index (χ0) is 15.0. The van der Waals surface area contributed by atoms with Crippen LogP contribution in [0.2, 0.25) is 0 Å². The number of nitrogens with zero attached hydrogens (tertiary/aromatic N) is 2. The number of fused-ring (bicyclic) bond motifs is 1. The summed E-state index contributed by atoms with van der Waals surface area (Å²) >= 11 is 0. The van der Waals surface area contributed by atoms with E-state index in [1.54, 1.807) is 21.9 Å². The molecule has 2 amide bonds. The molecule has 112 valence electrons. The molecule has 0 bridgehead atoms. The first-order valence-electron chi connectivity index (χ1n) is 7.43. The molecule has 21 heavy (non-hydrogen) atoms. The van der Waals surface area contributed by atoms with E-state index in [9.17, 15) is 14.0 Å². The lowest BCUT2D eigenvalue weighted by Crippen LogP contribution is -2.61. The Morgan fingerprint density at radius 1 is 1.29 bits per heavy atom. The van der Waals surface area contributed by atoms with Crippen LogP contribution in [0.15, 0.2) is 24.3 Å². The second-order valence-corrected chi connectivity index (χ2v) is 5.80. The van der Waals surface area contributed by atoms with Crippen molar-refractivity contribution in [2.24, 2.45) is 0 Å². The first kappa shape index (κ1) is 14.0. The highest BCUT2D eigenvalue weighted by Crippen LogP contribution is 2.29. The number of benzene rings is 1. The van der Waals surface area contributed by atoms with Gasteiger partial charge >= 0.3 is 0 Å². The second kappa shape index (κ2) is 5.47. The molecule has 2 aliphatic heterocycles. The first-order chi connectivity index (χ1) is 10.1. The van der Waals surface area contributed by atoms with Crippen LogP contribution in [-0.2, 0) is 9.59 Å². The number of rotatable bonds is 2. The van der Waals surface area contributed by atoms with Crippen LogP contribution in [0.1, 0.15) is 37.8 Å². The van der Waals surface area contributed by atoms with Crippen molar-refractivity contribution >= 4 is 11.8 Å². The summed E-state index contributed by atoms with van der Waals surface area (Å²) in [6.07, 6.45) is 2.67. The number of carbonyl (C=O) groups excluding carboxylic acids is 2. The number of hydrogen-bond donors (Lipinski definition) is 0. The molecule has 0 N–H and O–H groups in total. The molecule has 1 aromatic rings. The topological polar surface area (TPSA) is 40.6 Å². The smallest absolute Gasteiger partial charge is 0.246 e. The van der Waals surface area contributed by atoms with Gasteiger partial charge in [-0.25, -0.2) is 4.39 Å². The van der Waals surface area contributed by atoms with Crippen LogP contribution < -0.4 is 0 Å². The Labute approximate surface area is 123 Å². The fraction of sp³-hybridized carbons (Fsp3) is 0.500. The van der Waals surface area contributed by atoms with Crippen LogP contribution in [0.25, 0.3) is 0 Å². The Bertz CT molecular complexity index is 575. The maximum Gasteiger partial charge on any atom is 0.246 e. The van der Waals surface area contributed by atoms with Crippen molar-refractivity contribution in [1.82, 2.24) is 9.80 Å². The third-order valence-corrected chi connectivity index (χ3v) is 4.50. The third kappa shape index (κ3) is 2.52. The fourth-order valence-electron chi connectivity index (χ4n) is 3.27. The van der Waals surface area contributed by atoms with Gasteiger partial charge in [-0.2, -0.15) is 0 Å². The number of piperidine rings is 1. The van der Waals surface area contributed by atoms with Gasteiger partial charge in [0.05, 0.1) is 6.04 Å². The Kier molecular flexibility index (Phi) is 3.66. The molecule has 4 nitrogen and oxygen atoms in total. The number of halogens is 1. The molecule has 2 unspecified atom stereocenters. The van der Waals surface area contributed by atoms with Crippen molar-refractivity contribution < 1.29 is 14.0 Å². The van der Waals surface area contributed by atoms with Crippen molar-refractivity contribution in [3.8, 4) is 0 Å². The summed E-state index contributed by atoms with van der Waals surface area (Å²) in [7, 11) is 0. The Hall–Kier alpha value is -1.91. The van der Waals surface area contributed by atoms with Crippen LogP contribution in [0.4, 0.5) is 4.39 Å². The van der Waals surface area contributed by atoms with Gasteiger partial charge in [0.15, 0.2) is 0 Å². The molecule has 5 heteroatoms. The molecule has 0 spiro atoms. The molecule has 0 saturated carbocycles. The summed E-state index contributed by atoms with van der Waals surface area (Å²) in [5.74, 6) is -0.331. The highest BCUT2D eigenvalue weighted by Gasteiger charge is 2.42. The zero-order valence-corrected chi connectivity index (χ0v) is 12.1. The van der Waals surface area contributed by atoms with Gasteiger partial charge in [-0.1, -0.05) is 12.1 Å². The lowest BCUT2D eigenvalue weighted by Gasteiger charge is -2.44. The molecule has 1 aromatic carbocycles. The highest BCUT2D eigenvalue weighted by atomic mass is 19.1. The number of piperazine rings is 1. The van der Waals surface area contributed by atoms with Gasteiger partial charge in [0.2, 0.25) is 11.8 Å². The quantitative estimate of drug-likeness (QED) is 0.837. The Balaban J connectivity index is 1.85. The highest BCUT2D eigenvalue weighted by molar-refractivity contribution is 5.95. The average Bonchev–Trinajstić information content (AvgIpc) is 2.50. The molecule has 2 aliphatic rings. The molecular weight excluding hydrogens is 271 g/mol. The molecule has 2 heterocycles. The van der Waals surface area contributed by atoms with Crippen LogP contribution >= 0.6 is 0 Å². The predicted molar refractivity (Wildman–Crippen MR) is 75.9 cm³/mol. The molecule has 0 aliphatic carbocycles. The lowest BCUT2D eigenvalue weighted by molar-refractivity contribution is -0.159. The SMILES string of the molecule is CC(c1cccc(F)c1)N1CC(=O)N2CCCCC2C1=O. The van der Waals surface area contributed by atoms with Gasteiger partial charge in [0, 0.05) is 6.54 Å². The van der Waals surface area contributed by atoms with Crippen LogP contribution in [-0.4, -0.2) is 40.7 Å². The van der Waals surface area contributed by atoms with E-state index in [-0.39, 0.29) is 36.3 Å². The minimum absolute atomic E-state index is 0.00236. The summed E-state index contributed by atoms with van der Waals surface area (Å²) in [6, 6.07) is 5.61. The molecule has 3 rings (SSSR count). The van der Waals surface area contributed by atoms with Gasteiger partial charge in [0.25, 0.3) is 0 Å². The van der Waals surface area contributed by atoms with Crippen LogP contribution in [0.5, 0.6) is 0 Å². The van der Waals surface area contributed by atoms with E-state index in [2.05, 4.69) is 0 Å². The van der Waals surface area contributed by atoms with E-state index < -0.39 is 0 Å². The van der Waals surface area contributed by atoms with E-state index >= 15 is 0 Å². The van der Waals surface area contributed by atoms with Gasteiger partial charge in [-0.3, -0.25) is 9.59 Å². The third-order valence-electron chi connectivity index (χ3n) is 4.50. The van der Waals surface area contributed by atoms with Crippen molar-refractivity contribution in [2.45, 2.75) is 38.3 Å². The maximum absolute atomic E-state index is 13.4. The maximum atomic E-state index is 13.4. The minimum Gasteiger partial charge on any atom is -0.329 e. The summed E-state index contributed by atoms with van der Waals surface area (Å²) < 4.78 is 13.4. The minimum atomic E-state index is -0.325. The zero-order valence-electron chi connectivity index (χ0n) is 12.1. The van der Waals surface area contributed by atoms with Gasteiger partial charge < -0.3 is 9.80 Å². The van der Waals surface area contributed by atoms with E-state index in [1.165, 1.54) is 12.1 Å². The van der Waals surface area contributed by atoms with E-state index in [0.717, 1.165) is 24.8 Å². The average molecular weight is 290 g/mol. The molecule has 2 atom stereocenters. The van der Waals surface area contributed by atoms with Gasteiger partial charge in [0.1, 0.15) is 18.4 Å². The summed E-state index contributed by atoms with van der Waals surface area (Å²) in [5, 5.41) is 0. The van der Waals surface area contributed by atoms with Crippen LogP contribution in [0.3, 0.4) is 0 Å². The Morgan fingerprint density at radius 2 is 2.10 bits per heavy atom. The van der Waals surface area contributed by atoms with Crippen LogP contribution in [0, 0.1) is 5.82 Å². The largest absolute Gasteiger partial charge is 0.329 e. The molecule has 2 fully saturated rings. The van der Waals surface area contributed by atoms with E-state index in [4.69, 9.17) is 0 Å². The monoisotopic (exact) mass is 290 g/mol. The van der Waals surface area contributed by atoms with Crippen molar-refractivity contribution in [2.75, 3.05) is 13.1 Å². The van der Waals surface area contributed by atoms with Crippen molar-refractivity contribution in [1.29, 1.82) is 0 Å². The normalized spacial score (nSPS) is 24.0. The second-order valence-electron chi connectivity index (χ2n) is 5.80. The van der Waals surface area contributed by atoms with Crippen molar-refractivity contribution in [3.05, 3.63) is 35.6 Å². The number of hydrogen-bond acceptors (Lipinski definition) is 2. The Morgan fingerprint density at radius 3 is 2.86 bits per heavy atom. The lowest BCUT2D eigenvalue weighted by atomic mass is 9.96. The number of carbonyl (C=O) groups is 2. The van der Waals surface area contributed by atoms with Crippen molar-refractivity contribution in [3.63, 3.8) is 0 Å². The first-order valence-corrected chi connectivity index (χ1v) is 7.43. The number of amides is 2. The summed E-state index contributed by atoms with van der Waals surface area (Å²) in [4.78, 5) is 28.2. The molecule has 2 saturated heterocycles. The van der Waals surface area contributed by atoms with Gasteiger partial charge in [-0.15, -0.1) is 0 Å². The standard InChI is InChI=1S/C16H19FN2O2/c1-11(12-5-4-6-13(17)9-12)19-10-15(20)18-8-3-2-7-14(18)16(19)21/h4-6,9,11,14H,2-3,7-8,10H2,1H3. The summed E-state index contributed by atoms with van der Waals surface area (Å²) in [6.45, 7) is 2.61. The molecule has 0 aromatic heterocycles.